The van der Waals surface area contributed by atoms with E-state index in [-0.39, 0.29) is 11.6 Å². The van der Waals surface area contributed by atoms with Crippen LogP contribution in [0.2, 0.25) is 0 Å². The van der Waals surface area contributed by atoms with Gasteiger partial charge in [0.15, 0.2) is 11.6 Å². The van der Waals surface area contributed by atoms with Crippen LogP contribution in [0.15, 0.2) is 36.4 Å². The maximum atomic E-state index is 13.6. The Hall–Kier alpha value is -2.23. The third-order valence-corrected chi connectivity index (χ3v) is 3.65. The highest BCUT2D eigenvalue weighted by atomic mass is 19.1. The van der Waals surface area contributed by atoms with E-state index >= 15 is 0 Å². The summed E-state index contributed by atoms with van der Waals surface area (Å²) in [7, 11) is 1.46. The first-order chi connectivity index (χ1) is 10.3. The second kappa shape index (κ2) is 6.04. The molecule has 4 heteroatoms. The van der Waals surface area contributed by atoms with Crippen LogP contribution in [0.1, 0.15) is 11.1 Å². The van der Waals surface area contributed by atoms with Gasteiger partial charge in [-0.1, -0.05) is 12.1 Å². The monoisotopic (exact) mass is 287 g/mol. The number of benzene rings is 2. The maximum Gasteiger partial charge on any atom is 0.167 e. The largest absolute Gasteiger partial charge is 0.494 e. The van der Waals surface area contributed by atoms with Crippen molar-refractivity contribution in [3.8, 4) is 11.5 Å². The zero-order valence-electron chi connectivity index (χ0n) is 12.0. The van der Waals surface area contributed by atoms with Crippen molar-refractivity contribution in [2.45, 2.75) is 12.8 Å². The van der Waals surface area contributed by atoms with E-state index in [2.05, 4.69) is 17.4 Å². The molecule has 1 N–H and O–H groups in total. The van der Waals surface area contributed by atoms with Crippen LogP contribution in [0.3, 0.4) is 0 Å². The minimum Gasteiger partial charge on any atom is -0.494 e. The quantitative estimate of drug-likeness (QED) is 0.914. The van der Waals surface area contributed by atoms with Crippen LogP contribution in [-0.2, 0) is 12.8 Å². The van der Waals surface area contributed by atoms with Gasteiger partial charge in [0.05, 0.1) is 13.7 Å². The molecule has 0 aliphatic carbocycles. The highest BCUT2D eigenvalue weighted by Crippen LogP contribution is 2.26. The van der Waals surface area contributed by atoms with E-state index in [1.54, 1.807) is 6.07 Å². The van der Waals surface area contributed by atoms with Crippen LogP contribution in [0.5, 0.6) is 11.5 Å². The number of ether oxygens (including phenoxy) is 2. The van der Waals surface area contributed by atoms with Crippen molar-refractivity contribution in [2.75, 3.05) is 25.6 Å². The summed E-state index contributed by atoms with van der Waals surface area (Å²) >= 11 is 0. The first kappa shape index (κ1) is 13.7. The number of methoxy groups -OCH3 is 1. The fourth-order valence-electron chi connectivity index (χ4n) is 2.52. The standard InChI is InChI=1S/C17H18FNO2/c1-20-17-5-3-14(11-15(17)18)19-8-6-12-2-4-16-13(10-12)7-9-21-16/h2-5,10-11,19H,6-9H2,1H3. The van der Waals surface area contributed by atoms with Crippen molar-refractivity contribution in [1.82, 2.24) is 0 Å². The van der Waals surface area contributed by atoms with E-state index < -0.39 is 0 Å². The Balaban J connectivity index is 1.57. The highest BCUT2D eigenvalue weighted by Gasteiger charge is 2.11. The minimum atomic E-state index is -0.350. The molecule has 0 bridgehead atoms. The predicted octanol–water partition coefficient (Wildman–Crippen LogP) is 3.42. The molecule has 1 aliphatic rings. The van der Waals surface area contributed by atoms with E-state index in [0.29, 0.717) is 0 Å². The molecule has 1 heterocycles. The van der Waals surface area contributed by atoms with Gasteiger partial charge in [-0.25, -0.2) is 4.39 Å². The predicted molar refractivity (Wildman–Crippen MR) is 80.8 cm³/mol. The molecule has 0 saturated heterocycles. The normalized spacial score (nSPS) is 12.7. The van der Waals surface area contributed by atoms with Gasteiger partial charge in [-0.2, -0.15) is 0 Å². The van der Waals surface area contributed by atoms with Gasteiger partial charge in [-0.15, -0.1) is 0 Å². The molecule has 21 heavy (non-hydrogen) atoms. The number of hydrogen-bond acceptors (Lipinski definition) is 3. The van der Waals surface area contributed by atoms with Gasteiger partial charge in [-0.3, -0.25) is 0 Å². The summed E-state index contributed by atoms with van der Waals surface area (Å²) in [5.41, 5.74) is 3.31. The van der Waals surface area contributed by atoms with E-state index in [4.69, 9.17) is 9.47 Å². The molecule has 1 aliphatic heterocycles. The van der Waals surface area contributed by atoms with Gasteiger partial charge in [-0.05, 0) is 35.7 Å². The van der Waals surface area contributed by atoms with Crippen molar-refractivity contribution in [3.63, 3.8) is 0 Å². The van der Waals surface area contributed by atoms with Crippen LogP contribution < -0.4 is 14.8 Å². The maximum absolute atomic E-state index is 13.6. The summed E-state index contributed by atoms with van der Waals surface area (Å²) in [6.07, 6.45) is 1.88. The zero-order chi connectivity index (χ0) is 14.7. The molecule has 0 fully saturated rings. The molecule has 0 amide bonds. The van der Waals surface area contributed by atoms with E-state index in [0.717, 1.165) is 37.4 Å². The molecule has 0 unspecified atom stereocenters. The number of fused-ring (bicyclic) bond motifs is 1. The van der Waals surface area contributed by atoms with Crippen molar-refractivity contribution in [3.05, 3.63) is 53.3 Å². The molecular formula is C17H18FNO2. The molecular weight excluding hydrogens is 269 g/mol. The Labute approximate surface area is 123 Å². The average Bonchev–Trinajstić information content (AvgIpc) is 2.95. The van der Waals surface area contributed by atoms with E-state index in [1.165, 1.54) is 24.3 Å². The fourth-order valence-corrected chi connectivity index (χ4v) is 2.52. The lowest BCUT2D eigenvalue weighted by Gasteiger charge is -2.09. The number of halogens is 1. The Morgan fingerprint density at radius 3 is 2.95 bits per heavy atom. The zero-order valence-corrected chi connectivity index (χ0v) is 12.0. The number of hydrogen-bond donors (Lipinski definition) is 1. The summed E-state index contributed by atoms with van der Waals surface area (Å²) in [5, 5.41) is 3.23. The molecule has 0 atom stereocenters. The third kappa shape index (κ3) is 3.10. The van der Waals surface area contributed by atoms with Crippen LogP contribution in [0, 0.1) is 5.82 Å². The average molecular weight is 287 g/mol. The Kier molecular flexibility index (Phi) is 3.95. The summed E-state index contributed by atoms with van der Waals surface area (Å²) in [4.78, 5) is 0. The van der Waals surface area contributed by atoms with E-state index in [1.807, 2.05) is 12.1 Å². The van der Waals surface area contributed by atoms with Gasteiger partial charge in [0, 0.05) is 24.7 Å². The van der Waals surface area contributed by atoms with Gasteiger partial charge < -0.3 is 14.8 Å². The van der Waals surface area contributed by atoms with Crippen LogP contribution in [0.4, 0.5) is 10.1 Å². The SMILES string of the molecule is COc1ccc(NCCc2ccc3c(c2)CCO3)cc1F. The van der Waals surface area contributed by atoms with Gasteiger partial charge in [0.1, 0.15) is 5.75 Å². The smallest absolute Gasteiger partial charge is 0.167 e. The van der Waals surface area contributed by atoms with Crippen LogP contribution in [-0.4, -0.2) is 20.3 Å². The lowest BCUT2D eigenvalue weighted by Crippen LogP contribution is -2.05. The Morgan fingerprint density at radius 2 is 2.14 bits per heavy atom. The van der Waals surface area contributed by atoms with Crippen molar-refractivity contribution in [2.24, 2.45) is 0 Å². The Morgan fingerprint density at radius 1 is 1.24 bits per heavy atom. The molecule has 0 aromatic heterocycles. The summed E-state index contributed by atoms with van der Waals surface area (Å²) in [6.45, 7) is 1.54. The highest BCUT2D eigenvalue weighted by molar-refractivity contribution is 5.47. The first-order valence-corrected chi connectivity index (χ1v) is 7.08. The third-order valence-electron chi connectivity index (χ3n) is 3.65. The van der Waals surface area contributed by atoms with Gasteiger partial charge in [0.2, 0.25) is 0 Å². The minimum absolute atomic E-state index is 0.263. The molecule has 110 valence electrons. The lowest BCUT2D eigenvalue weighted by molar-refractivity contribution is 0.357. The second-order valence-electron chi connectivity index (χ2n) is 5.07. The summed E-state index contributed by atoms with van der Waals surface area (Å²) in [6, 6.07) is 11.2. The lowest BCUT2D eigenvalue weighted by atomic mass is 10.1. The molecule has 2 aromatic rings. The molecule has 2 aromatic carbocycles. The molecule has 3 nitrogen and oxygen atoms in total. The van der Waals surface area contributed by atoms with Crippen LogP contribution >= 0.6 is 0 Å². The summed E-state index contributed by atoms with van der Waals surface area (Å²) < 4.78 is 24.0. The van der Waals surface area contributed by atoms with Crippen molar-refractivity contribution in [1.29, 1.82) is 0 Å². The second-order valence-corrected chi connectivity index (χ2v) is 5.07. The Bertz CT molecular complexity index is 643. The van der Waals surface area contributed by atoms with Gasteiger partial charge in [0.25, 0.3) is 0 Å². The molecule has 0 radical (unpaired) electrons. The fraction of sp³-hybridized carbons (Fsp3) is 0.294. The van der Waals surface area contributed by atoms with Crippen molar-refractivity contribution < 1.29 is 13.9 Å². The summed E-state index contributed by atoms with van der Waals surface area (Å²) in [5.74, 6) is 0.917. The first-order valence-electron chi connectivity index (χ1n) is 7.08. The number of rotatable bonds is 5. The topological polar surface area (TPSA) is 30.5 Å². The van der Waals surface area contributed by atoms with Gasteiger partial charge >= 0.3 is 0 Å². The van der Waals surface area contributed by atoms with Crippen molar-refractivity contribution >= 4 is 5.69 Å². The number of nitrogens with one attached hydrogen (secondary N) is 1. The molecule has 0 saturated carbocycles. The molecule has 3 rings (SSSR count). The molecule has 0 spiro atoms. The van der Waals surface area contributed by atoms with E-state index in [9.17, 15) is 4.39 Å². The van der Waals surface area contributed by atoms with Crippen LogP contribution in [0.25, 0.3) is 0 Å². The number of anilines is 1.